The van der Waals surface area contributed by atoms with Crippen LogP contribution in [0.15, 0.2) is 24.4 Å². The fourth-order valence-electron chi connectivity index (χ4n) is 5.04. The van der Waals surface area contributed by atoms with Crippen molar-refractivity contribution in [3.05, 3.63) is 35.0 Å². The normalized spacial score (nSPS) is 21.0. The standard InChI is InChI=1S/C25H34BrClN6O2/c1-28-23-20(27)15-29-25(31-23)30-21-7-6-19(13-22(21)35-2)24(34)33-10-8-32(9-11-33)16-18-5-3-4-17(12-18)14-26/h6-7,13,15,17-18H,3-5,8-12,14,16H2,1-2H3,(H2,28,29,30,31)/t17-,18+/m1/s1. The van der Waals surface area contributed by atoms with Crippen LogP contribution in [0, 0.1) is 11.8 Å². The first-order valence-corrected chi connectivity index (χ1v) is 13.7. The van der Waals surface area contributed by atoms with Crippen molar-refractivity contribution in [1.82, 2.24) is 19.8 Å². The third-order valence-electron chi connectivity index (χ3n) is 6.96. The second kappa shape index (κ2) is 12.2. The zero-order chi connectivity index (χ0) is 24.8. The minimum Gasteiger partial charge on any atom is -0.495 e. The second-order valence-corrected chi connectivity index (χ2v) is 10.4. The number of anilines is 3. The van der Waals surface area contributed by atoms with Gasteiger partial charge in [-0.15, -0.1) is 0 Å². The third-order valence-corrected chi connectivity index (χ3v) is 8.15. The number of hydrogen-bond acceptors (Lipinski definition) is 7. The Hall–Kier alpha value is -2.10. The average molecular weight is 566 g/mol. The lowest BCUT2D eigenvalue weighted by atomic mass is 9.82. The molecule has 1 amide bonds. The number of carbonyl (C=O) groups excluding carboxylic acids is 1. The van der Waals surface area contributed by atoms with Crippen LogP contribution in [0.1, 0.15) is 36.0 Å². The van der Waals surface area contributed by atoms with Gasteiger partial charge in [-0.2, -0.15) is 4.98 Å². The fourth-order valence-corrected chi connectivity index (χ4v) is 5.81. The summed E-state index contributed by atoms with van der Waals surface area (Å²) >= 11 is 9.73. The van der Waals surface area contributed by atoms with Crippen molar-refractivity contribution >= 4 is 50.9 Å². The van der Waals surface area contributed by atoms with Crippen molar-refractivity contribution in [2.24, 2.45) is 11.8 Å². The molecule has 2 aliphatic rings. The predicted molar refractivity (Wildman–Crippen MR) is 144 cm³/mol. The Kier molecular flexibility index (Phi) is 9.08. The van der Waals surface area contributed by atoms with E-state index in [-0.39, 0.29) is 5.91 Å². The lowest BCUT2D eigenvalue weighted by Gasteiger charge is -2.38. The topological polar surface area (TPSA) is 82.6 Å². The second-order valence-electron chi connectivity index (χ2n) is 9.33. The number of nitrogens with one attached hydrogen (secondary N) is 2. The minimum atomic E-state index is 0.0340. The Balaban J connectivity index is 1.35. The molecule has 2 aromatic rings. The van der Waals surface area contributed by atoms with E-state index in [1.807, 2.05) is 17.0 Å². The number of ether oxygens (including phenoxy) is 1. The maximum atomic E-state index is 13.2. The molecule has 4 rings (SSSR count). The van der Waals surface area contributed by atoms with Crippen molar-refractivity contribution in [1.29, 1.82) is 0 Å². The van der Waals surface area contributed by atoms with Gasteiger partial charge in [0.25, 0.3) is 5.91 Å². The van der Waals surface area contributed by atoms with E-state index in [2.05, 4.69) is 41.4 Å². The van der Waals surface area contributed by atoms with Crippen LogP contribution in [0.2, 0.25) is 5.02 Å². The highest BCUT2D eigenvalue weighted by Gasteiger charge is 2.27. The lowest BCUT2D eigenvalue weighted by molar-refractivity contribution is 0.0598. The van der Waals surface area contributed by atoms with Crippen molar-refractivity contribution in [2.75, 3.05) is 62.8 Å². The molecular weight excluding hydrogens is 532 g/mol. The number of piperazine rings is 1. The molecule has 1 saturated heterocycles. The number of amides is 1. The summed E-state index contributed by atoms with van der Waals surface area (Å²) in [5, 5.41) is 7.63. The van der Waals surface area contributed by atoms with Gasteiger partial charge >= 0.3 is 0 Å². The van der Waals surface area contributed by atoms with Crippen molar-refractivity contribution in [3.63, 3.8) is 0 Å². The number of rotatable bonds is 8. The summed E-state index contributed by atoms with van der Waals surface area (Å²) in [4.78, 5) is 26.3. The minimum absolute atomic E-state index is 0.0340. The highest BCUT2D eigenvalue weighted by Crippen LogP contribution is 2.32. The molecule has 1 aromatic carbocycles. The van der Waals surface area contributed by atoms with Gasteiger partial charge in [-0.1, -0.05) is 34.0 Å². The molecule has 1 saturated carbocycles. The maximum Gasteiger partial charge on any atom is 0.254 e. The highest BCUT2D eigenvalue weighted by molar-refractivity contribution is 9.09. The van der Waals surface area contributed by atoms with Crippen LogP contribution in [-0.4, -0.2) is 77.9 Å². The molecular formula is C25H34BrClN6O2. The molecule has 10 heteroatoms. The van der Waals surface area contributed by atoms with E-state index >= 15 is 0 Å². The molecule has 0 radical (unpaired) electrons. The van der Waals surface area contributed by atoms with Gasteiger partial charge in [-0.05, 0) is 49.3 Å². The zero-order valence-corrected chi connectivity index (χ0v) is 22.7. The van der Waals surface area contributed by atoms with Crippen LogP contribution < -0.4 is 15.4 Å². The predicted octanol–water partition coefficient (Wildman–Crippen LogP) is 4.88. The number of carbonyl (C=O) groups is 1. The summed E-state index contributed by atoms with van der Waals surface area (Å²) in [5.41, 5.74) is 1.29. The zero-order valence-electron chi connectivity index (χ0n) is 20.4. The van der Waals surface area contributed by atoms with Gasteiger partial charge in [0.2, 0.25) is 5.95 Å². The molecule has 2 N–H and O–H groups in total. The molecule has 2 atom stereocenters. The molecule has 0 spiro atoms. The Bertz CT molecular complexity index is 1020. The van der Waals surface area contributed by atoms with E-state index in [4.69, 9.17) is 16.3 Å². The molecule has 0 unspecified atom stereocenters. The van der Waals surface area contributed by atoms with E-state index < -0.39 is 0 Å². The van der Waals surface area contributed by atoms with Gasteiger partial charge in [0.1, 0.15) is 16.6 Å². The third kappa shape index (κ3) is 6.57. The Morgan fingerprint density at radius 3 is 2.71 bits per heavy atom. The average Bonchev–Trinajstić information content (AvgIpc) is 2.90. The molecule has 2 heterocycles. The summed E-state index contributed by atoms with van der Waals surface area (Å²) in [7, 11) is 3.33. The Morgan fingerprint density at radius 1 is 1.23 bits per heavy atom. The van der Waals surface area contributed by atoms with Gasteiger partial charge in [-0.3, -0.25) is 9.69 Å². The quantitative estimate of drug-likeness (QED) is 0.441. The monoisotopic (exact) mass is 564 g/mol. The van der Waals surface area contributed by atoms with Gasteiger partial charge in [0, 0.05) is 50.7 Å². The molecule has 1 aliphatic heterocycles. The fraction of sp³-hybridized carbons (Fsp3) is 0.560. The number of halogens is 2. The molecule has 0 bridgehead atoms. The van der Waals surface area contributed by atoms with Crippen LogP contribution in [0.5, 0.6) is 5.75 Å². The van der Waals surface area contributed by atoms with Crippen LogP contribution in [0.4, 0.5) is 17.5 Å². The van der Waals surface area contributed by atoms with Crippen LogP contribution >= 0.6 is 27.5 Å². The first-order chi connectivity index (χ1) is 17.0. The summed E-state index contributed by atoms with van der Waals surface area (Å²) in [6.45, 7) is 4.52. The van der Waals surface area contributed by atoms with Crippen LogP contribution in [-0.2, 0) is 0 Å². The SMILES string of the molecule is CNc1nc(Nc2ccc(C(=O)N3CCN(C[C@H]4CCC[C@@H](CBr)C4)CC3)cc2OC)ncc1Cl. The van der Waals surface area contributed by atoms with Crippen molar-refractivity contribution < 1.29 is 9.53 Å². The van der Waals surface area contributed by atoms with Crippen LogP contribution in [0.25, 0.3) is 0 Å². The summed E-state index contributed by atoms with van der Waals surface area (Å²) in [6.07, 6.45) is 6.88. The lowest BCUT2D eigenvalue weighted by Crippen LogP contribution is -2.50. The molecule has 35 heavy (non-hydrogen) atoms. The van der Waals surface area contributed by atoms with Crippen molar-refractivity contribution in [3.8, 4) is 5.75 Å². The smallest absolute Gasteiger partial charge is 0.254 e. The summed E-state index contributed by atoms with van der Waals surface area (Å²) < 4.78 is 5.55. The Labute approximate surface area is 220 Å². The molecule has 8 nitrogen and oxygen atoms in total. The first-order valence-electron chi connectivity index (χ1n) is 12.2. The number of nitrogens with zero attached hydrogens (tertiary/aromatic N) is 4. The van der Waals surface area contributed by atoms with Crippen molar-refractivity contribution in [2.45, 2.75) is 25.7 Å². The first kappa shape index (κ1) is 26.0. The van der Waals surface area contributed by atoms with Gasteiger partial charge in [0.05, 0.1) is 19.0 Å². The van der Waals surface area contributed by atoms with Gasteiger partial charge in [0.15, 0.2) is 0 Å². The summed E-state index contributed by atoms with van der Waals surface area (Å²) in [5.74, 6) is 3.10. The molecule has 1 aromatic heterocycles. The maximum absolute atomic E-state index is 13.2. The number of methoxy groups -OCH3 is 1. The number of aromatic nitrogens is 2. The largest absolute Gasteiger partial charge is 0.495 e. The molecule has 190 valence electrons. The molecule has 2 fully saturated rings. The number of hydrogen-bond donors (Lipinski definition) is 2. The van der Waals surface area contributed by atoms with Gasteiger partial charge < -0.3 is 20.3 Å². The van der Waals surface area contributed by atoms with E-state index in [9.17, 15) is 4.79 Å². The van der Waals surface area contributed by atoms with E-state index in [0.717, 1.165) is 49.9 Å². The number of alkyl halides is 1. The van der Waals surface area contributed by atoms with Gasteiger partial charge in [-0.25, -0.2) is 4.98 Å². The van der Waals surface area contributed by atoms with Crippen LogP contribution in [0.3, 0.4) is 0 Å². The van der Waals surface area contributed by atoms with E-state index in [1.54, 1.807) is 20.2 Å². The van der Waals surface area contributed by atoms with E-state index in [0.29, 0.717) is 33.8 Å². The van der Waals surface area contributed by atoms with E-state index in [1.165, 1.54) is 31.9 Å². The molecule has 1 aliphatic carbocycles. The Morgan fingerprint density at radius 2 is 2.00 bits per heavy atom. The summed E-state index contributed by atoms with van der Waals surface area (Å²) in [6, 6.07) is 5.41. The number of benzene rings is 1. The highest BCUT2D eigenvalue weighted by atomic mass is 79.9.